The lowest BCUT2D eigenvalue weighted by Crippen LogP contribution is -2.41. The van der Waals surface area contributed by atoms with E-state index >= 15 is 0 Å². The number of aliphatic carboxylic acids is 2. The molecular weight excluding hydrogens is 886 g/mol. The van der Waals surface area contributed by atoms with Crippen molar-refractivity contribution in [3.8, 4) is 0 Å². The molecule has 1 saturated heterocycles. The fourth-order valence-corrected chi connectivity index (χ4v) is 8.73. The number of carbonyl (C=O) groups is 4. The summed E-state index contributed by atoms with van der Waals surface area (Å²) < 4.78 is 38.3. The number of carboxylic acids is 2. The number of aromatic nitrogens is 2. The quantitative estimate of drug-likeness (QED) is 0.0266. The van der Waals surface area contributed by atoms with Crippen molar-refractivity contribution in [1.82, 2.24) is 20.2 Å². The normalized spacial score (nSPS) is 18.6. The van der Waals surface area contributed by atoms with Crippen LogP contribution in [-0.4, -0.2) is 104 Å². The van der Waals surface area contributed by atoms with Gasteiger partial charge in [0.05, 0.1) is 18.4 Å². The molecule has 1 aromatic rings. The van der Waals surface area contributed by atoms with E-state index in [4.69, 9.17) is 29.6 Å². The van der Waals surface area contributed by atoms with Crippen molar-refractivity contribution < 1.29 is 57.6 Å². The summed E-state index contributed by atoms with van der Waals surface area (Å²) in [7, 11) is -4.11. The van der Waals surface area contributed by atoms with Crippen LogP contribution in [0.4, 0.5) is 5.82 Å². The first-order valence-electron chi connectivity index (χ1n) is 25.3. The van der Waals surface area contributed by atoms with Gasteiger partial charge in [0, 0.05) is 38.6 Å². The van der Waals surface area contributed by atoms with Gasteiger partial charge in [0.15, 0.2) is 6.23 Å². The smallest absolute Gasteiger partial charge is 0.351 e. The zero-order chi connectivity index (χ0) is 49.5. The van der Waals surface area contributed by atoms with Crippen LogP contribution in [0, 0.1) is 0 Å². The minimum absolute atomic E-state index is 0.00838. The largest absolute Gasteiger partial charge is 0.481 e. The number of unbranched alkanes of at least 4 members (excludes halogenated alkanes) is 20. The van der Waals surface area contributed by atoms with Gasteiger partial charge >= 0.3 is 25.2 Å². The van der Waals surface area contributed by atoms with E-state index in [-0.39, 0.29) is 62.6 Å². The first-order valence-corrected chi connectivity index (χ1v) is 26.9. The number of nitrogens with zero attached hydrogens (tertiary/aromatic N) is 2. The Morgan fingerprint density at radius 2 is 1.28 bits per heavy atom. The maximum Gasteiger partial charge on any atom is 0.351 e. The van der Waals surface area contributed by atoms with Crippen LogP contribution in [-0.2, 0) is 42.5 Å². The molecule has 0 aromatic carbocycles. The maximum atomic E-state index is 13.1. The fourth-order valence-electron chi connectivity index (χ4n) is 7.88. The van der Waals surface area contributed by atoms with Gasteiger partial charge in [-0.25, -0.2) is 9.59 Å². The van der Waals surface area contributed by atoms with Gasteiger partial charge in [0.2, 0.25) is 11.8 Å². The average Bonchev–Trinajstić information content (AvgIpc) is 3.59. The zero-order valence-corrected chi connectivity index (χ0v) is 41.9. The third-order valence-corrected chi connectivity index (χ3v) is 13.8. The first-order chi connectivity index (χ1) is 32.0. The van der Waals surface area contributed by atoms with Crippen molar-refractivity contribution in [3.05, 3.63) is 22.7 Å². The number of carboxylic acid groups (broad SMARTS) is 2. The second kappa shape index (κ2) is 34.8. The predicted octanol–water partition coefficient (Wildman–Crippen LogP) is 8.42. The van der Waals surface area contributed by atoms with Crippen LogP contribution in [0.2, 0.25) is 0 Å². The van der Waals surface area contributed by atoms with Crippen molar-refractivity contribution in [1.29, 1.82) is 0 Å². The number of ether oxygens (including phenoxy) is 3. The minimum Gasteiger partial charge on any atom is -0.481 e. The van der Waals surface area contributed by atoms with Gasteiger partial charge < -0.3 is 45.7 Å². The van der Waals surface area contributed by atoms with Crippen LogP contribution in [0.15, 0.2) is 17.1 Å². The molecule has 2 rings (SSSR count). The molecule has 2 amide bonds. The number of hydrogen-bond acceptors (Lipinski definition) is 12. The number of nitrogens with two attached hydrogens (primary N) is 1. The predicted molar refractivity (Wildman–Crippen MR) is 258 cm³/mol. The zero-order valence-electron chi connectivity index (χ0n) is 41.0. The molecular formula is C48H86N5O13P. The molecule has 386 valence electrons. The summed E-state index contributed by atoms with van der Waals surface area (Å²) in [6, 6.07) is 0.310. The van der Waals surface area contributed by atoms with Crippen molar-refractivity contribution in [2.75, 3.05) is 25.5 Å². The van der Waals surface area contributed by atoms with Gasteiger partial charge in [0.25, 0.3) is 0 Å². The highest BCUT2D eigenvalue weighted by Crippen LogP contribution is 2.51. The van der Waals surface area contributed by atoms with Crippen LogP contribution < -0.4 is 22.1 Å². The molecule has 2 heterocycles. The fraction of sp³-hybridized carbons (Fsp3) is 0.833. The average molecular weight is 972 g/mol. The molecule has 1 aromatic heterocycles. The minimum atomic E-state index is -4.11. The van der Waals surface area contributed by atoms with Crippen LogP contribution in [0.5, 0.6) is 0 Å². The number of amides is 2. The lowest BCUT2D eigenvalue weighted by molar-refractivity contribution is -0.142. The molecule has 0 saturated carbocycles. The summed E-state index contributed by atoms with van der Waals surface area (Å²) in [4.78, 5) is 74.7. The van der Waals surface area contributed by atoms with E-state index in [9.17, 15) is 38.5 Å². The van der Waals surface area contributed by atoms with Gasteiger partial charge in [-0.1, -0.05) is 129 Å². The number of rotatable bonds is 41. The van der Waals surface area contributed by atoms with Gasteiger partial charge in [-0.05, 0) is 52.0 Å². The monoisotopic (exact) mass is 972 g/mol. The third kappa shape index (κ3) is 26.8. The van der Waals surface area contributed by atoms with Gasteiger partial charge in [-0.15, -0.1) is 0 Å². The Balaban J connectivity index is 1.58. The second-order valence-electron chi connectivity index (χ2n) is 18.6. The van der Waals surface area contributed by atoms with Crippen molar-refractivity contribution >= 4 is 37.2 Å². The summed E-state index contributed by atoms with van der Waals surface area (Å²) in [6.07, 6.45) is 21.3. The topological polar surface area (TPSA) is 268 Å². The molecule has 1 unspecified atom stereocenters. The molecule has 0 bridgehead atoms. The number of anilines is 1. The second-order valence-corrected chi connectivity index (χ2v) is 20.9. The lowest BCUT2D eigenvalue weighted by Gasteiger charge is -2.28. The summed E-state index contributed by atoms with van der Waals surface area (Å²) >= 11 is 0. The van der Waals surface area contributed by atoms with E-state index in [0.29, 0.717) is 25.8 Å². The van der Waals surface area contributed by atoms with Crippen LogP contribution in [0.1, 0.15) is 201 Å². The molecule has 0 radical (unpaired) electrons. The standard InChI is InChI=1S/C48H86N5O13P/c1-36(2)64-35-39-44(66-67(61,62)37(3)4)45(46(65-39)53-33-31-40(49)52-48(53)60)63-34-26-22-21-25-32-50-41(54)30-29-38(47(58)59)51-42(55)27-23-19-17-15-13-11-9-7-5-6-8-10-12-14-16-18-20-24-28-43(56)57/h31,33,36-39,44-46H,5-30,32,34-35H2,1-4H3,(H,50,54)(H,51,55)(H,56,57)(H,58,59)(H,61,62)(H2,49,52,60)/t38-,39+,44+,45+,46+/m0/s1. The molecule has 7 N–H and O–H groups in total. The van der Waals surface area contributed by atoms with E-state index < -0.39 is 61.5 Å². The highest BCUT2D eigenvalue weighted by Gasteiger charge is 2.50. The molecule has 19 heteroatoms. The van der Waals surface area contributed by atoms with Crippen LogP contribution in [0.25, 0.3) is 0 Å². The van der Waals surface area contributed by atoms with Crippen molar-refractivity contribution in [3.63, 3.8) is 0 Å². The Morgan fingerprint density at radius 3 is 1.79 bits per heavy atom. The number of hydrogen-bond donors (Lipinski definition) is 6. The van der Waals surface area contributed by atoms with E-state index in [1.54, 1.807) is 13.8 Å². The van der Waals surface area contributed by atoms with E-state index in [1.165, 1.54) is 87.5 Å². The summed E-state index contributed by atoms with van der Waals surface area (Å²) in [5.41, 5.74) is 4.33. The highest BCUT2D eigenvalue weighted by molar-refractivity contribution is 7.53. The Morgan fingerprint density at radius 1 is 0.761 bits per heavy atom. The Labute approximate surface area is 399 Å². The third-order valence-electron chi connectivity index (χ3n) is 12.0. The molecule has 1 aliphatic heterocycles. The Kier molecular flexibility index (Phi) is 31.0. The molecule has 0 aliphatic carbocycles. The Bertz CT molecular complexity index is 1660. The number of nitrogens with one attached hydrogen (secondary N) is 2. The SMILES string of the molecule is CC(C)OC[C@H]1O[C@@H](n2ccc(N)nc2=O)[C@H](OCCCCCCNC(=O)CC[C@H](NC(=O)CCCCCCCCCCCCCCCCCCCCC(=O)O)C(=O)O)[C@@H]1OP(=O)(O)C(C)C. The molecule has 6 atom stereocenters. The van der Waals surface area contributed by atoms with Crippen LogP contribution >= 0.6 is 7.60 Å². The maximum absolute atomic E-state index is 13.1. The Hall–Kier alpha value is -3.41. The molecule has 67 heavy (non-hydrogen) atoms. The molecule has 18 nitrogen and oxygen atoms in total. The van der Waals surface area contributed by atoms with Crippen molar-refractivity contribution in [2.24, 2.45) is 0 Å². The number of nitrogen functional groups attached to an aromatic ring is 1. The summed E-state index contributed by atoms with van der Waals surface area (Å²) in [5.74, 6) is -2.44. The lowest BCUT2D eigenvalue weighted by atomic mass is 10.0. The molecule has 1 aliphatic rings. The van der Waals surface area contributed by atoms with Crippen LogP contribution in [0.3, 0.4) is 0 Å². The van der Waals surface area contributed by atoms with E-state index in [1.807, 2.05) is 13.8 Å². The van der Waals surface area contributed by atoms with Gasteiger partial charge in [0.1, 0.15) is 30.2 Å². The first kappa shape index (κ1) is 59.7. The number of carbonyl (C=O) groups excluding carboxylic acids is 2. The summed E-state index contributed by atoms with van der Waals surface area (Å²) in [6.45, 7) is 7.48. The van der Waals surface area contributed by atoms with E-state index in [2.05, 4.69) is 15.6 Å². The van der Waals surface area contributed by atoms with Gasteiger partial charge in [-0.2, -0.15) is 4.98 Å². The molecule has 0 spiro atoms. The van der Waals surface area contributed by atoms with Crippen molar-refractivity contribution in [2.45, 2.75) is 237 Å². The van der Waals surface area contributed by atoms with Gasteiger partial charge in [-0.3, -0.25) is 28.0 Å². The highest BCUT2D eigenvalue weighted by atomic mass is 31.2. The molecule has 1 fully saturated rings. The van der Waals surface area contributed by atoms with E-state index in [0.717, 1.165) is 51.4 Å². The summed E-state index contributed by atoms with van der Waals surface area (Å²) in [5, 5.41) is 23.7.